The Kier molecular flexibility index (Phi) is 5.27. The fraction of sp³-hybridized carbons (Fsp3) is 0.438. The highest BCUT2D eigenvalue weighted by Gasteiger charge is 2.21. The summed E-state index contributed by atoms with van der Waals surface area (Å²) in [5.74, 6) is -0.164. The predicted octanol–water partition coefficient (Wildman–Crippen LogP) is 1.91. The summed E-state index contributed by atoms with van der Waals surface area (Å²) < 4.78 is 5.25. The molecule has 2 rings (SSSR count). The molecule has 0 bridgehead atoms. The summed E-state index contributed by atoms with van der Waals surface area (Å²) in [6, 6.07) is 7.40. The van der Waals surface area contributed by atoms with Gasteiger partial charge in [-0.25, -0.2) is 5.43 Å². The molecule has 1 aromatic carbocycles. The molecule has 2 amide bonds. The standard InChI is InChI=1S/C16H21N3O3/c1-4-22-11(3)16(21)17-13-7-5-12(6-8-13)15-10(2)9-14(20)18-19-15/h5-8,10-11H,4,9H2,1-3H3,(H,17,21)(H,18,20). The number of ether oxygens (including phenoxy) is 1. The first-order valence-electron chi connectivity index (χ1n) is 7.40. The highest BCUT2D eigenvalue weighted by Crippen LogP contribution is 2.18. The van der Waals surface area contributed by atoms with Crippen molar-refractivity contribution in [1.29, 1.82) is 0 Å². The molecule has 0 fully saturated rings. The number of rotatable bonds is 5. The third kappa shape index (κ3) is 3.92. The van der Waals surface area contributed by atoms with Gasteiger partial charge in [0.2, 0.25) is 5.91 Å². The maximum atomic E-state index is 11.9. The first kappa shape index (κ1) is 16.2. The Labute approximate surface area is 129 Å². The fourth-order valence-corrected chi connectivity index (χ4v) is 2.30. The van der Waals surface area contributed by atoms with Crippen molar-refractivity contribution in [2.45, 2.75) is 33.3 Å². The molecule has 1 aliphatic heterocycles. The molecule has 0 aliphatic carbocycles. The molecular formula is C16H21N3O3. The Morgan fingerprint density at radius 1 is 1.45 bits per heavy atom. The Hall–Kier alpha value is -2.21. The van der Waals surface area contributed by atoms with Crippen LogP contribution in [0, 0.1) is 5.92 Å². The minimum atomic E-state index is -0.484. The van der Waals surface area contributed by atoms with E-state index in [0.29, 0.717) is 18.7 Å². The Morgan fingerprint density at radius 2 is 2.14 bits per heavy atom. The number of anilines is 1. The summed E-state index contributed by atoms with van der Waals surface area (Å²) in [4.78, 5) is 23.1. The van der Waals surface area contributed by atoms with Gasteiger partial charge in [-0.15, -0.1) is 0 Å². The lowest BCUT2D eigenvalue weighted by Gasteiger charge is -2.19. The van der Waals surface area contributed by atoms with Gasteiger partial charge in [0.15, 0.2) is 0 Å². The van der Waals surface area contributed by atoms with Gasteiger partial charge in [0.05, 0.1) is 5.71 Å². The number of nitrogens with zero attached hydrogens (tertiary/aromatic N) is 1. The Morgan fingerprint density at radius 3 is 2.73 bits per heavy atom. The third-order valence-electron chi connectivity index (χ3n) is 3.49. The van der Waals surface area contributed by atoms with E-state index in [4.69, 9.17) is 4.74 Å². The highest BCUT2D eigenvalue weighted by molar-refractivity contribution is 6.06. The monoisotopic (exact) mass is 303 g/mol. The van der Waals surface area contributed by atoms with Crippen molar-refractivity contribution in [3.05, 3.63) is 29.8 Å². The molecule has 0 saturated carbocycles. The van der Waals surface area contributed by atoms with Crippen molar-refractivity contribution in [2.24, 2.45) is 11.0 Å². The van der Waals surface area contributed by atoms with E-state index < -0.39 is 6.10 Å². The van der Waals surface area contributed by atoms with Crippen LogP contribution in [0.4, 0.5) is 5.69 Å². The van der Waals surface area contributed by atoms with Gasteiger partial charge in [0.25, 0.3) is 5.91 Å². The molecule has 2 unspecified atom stereocenters. The van der Waals surface area contributed by atoms with Crippen molar-refractivity contribution in [1.82, 2.24) is 5.43 Å². The van der Waals surface area contributed by atoms with Crippen molar-refractivity contribution < 1.29 is 14.3 Å². The number of carbonyl (C=O) groups is 2. The minimum Gasteiger partial charge on any atom is -0.369 e. The van der Waals surface area contributed by atoms with Crippen molar-refractivity contribution in [2.75, 3.05) is 11.9 Å². The van der Waals surface area contributed by atoms with Gasteiger partial charge in [0.1, 0.15) is 6.10 Å². The van der Waals surface area contributed by atoms with Crippen molar-refractivity contribution in [3.8, 4) is 0 Å². The summed E-state index contributed by atoms with van der Waals surface area (Å²) in [6.07, 6.45) is -0.0500. The molecule has 0 spiro atoms. The van der Waals surface area contributed by atoms with Crippen LogP contribution in [-0.4, -0.2) is 30.2 Å². The number of hydrogen-bond donors (Lipinski definition) is 2. The normalized spacial score (nSPS) is 19.1. The van der Waals surface area contributed by atoms with Crippen LogP contribution in [0.15, 0.2) is 29.4 Å². The zero-order valence-electron chi connectivity index (χ0n) is 13.1. The number of benzene rings is 1. The zero-order valence-corrected chi connectivity index (χ0v) is 13.1. The SMILES string of the molecule is CCOC(C)C(=O)Nc1ccc(C2=NNC(=O)CC2C)cc1. The summed E-state index contributed by atoms with van der Waals surface area (Å²) in [5.41, 5.74) is 4.98. The fourth-order valence-electron chi connectivity index (χ4n) is 2.30. The number of hydrazone groups is 1. The van der Waals surface area contributed by atoms with Crippen molar-refractivity contribution in [3.63, 3.8) is 0 Å². The summed E-state index contributed by atoms with van der Waals surface area (Å²) in [7, 11) is 0. The second-order valence-corrected chi connectivity index (χ2v) is 5.30. The summed E-state index contributed by atoms with van der Waals surface area (Å²) in [6.45, 7) is 6.03. The largest absolute Gasteiger partial charge is 0.369 e. The molecule has 2 atom stereocenters. The van der Waals surface area contributed by atoms with Crippen LogP contribution in [0.2, 0.25) is 0 Å². The number of amides is 2. The molecule has 6 nitrogen and oxygen atoms in total. The maximum Gasteiger partial charge on any atom is 0.253 e. The molecule has 2 N–H and O–H groups in total. The minimum absolute atomic E-state index is 0.0648. The smallest absolute Gasteiger partial charge is 0.253 e. The summed E-state index contributed by atoms with van der Waals surface area (Å²) >= 11 is 0. The lowest BCUT2D eigenvalue weighted by Crippen LogP contribution is -2.32. The van der Waals surface area contributed by atoms with Crippen LogP contribution in [0.1, 0.15) is 32.8 Å². The lowest BCUT2D eigenvalue weighted by molar-refractivity contribution is -0.126. The van der Waals surface area contributed by atoms with E-state index in [9.17, 15) is 9.59 Å². The third-order valence-corrected chi connectivity index (χ3v) is 3.49. The Balaban J connectivity index is 2.04. The second kappa shape index (κ2) is 7.17. The van der Waals surface area contributed by atoms with Gasteiger partial charge in [-0.05, 0) is 31.5 Å². The van der Waals surface area contributed by atoms with Crippen LogP contribution in [-0.2, 0) is 14.3 Å². The molecule has 22 heavy (non-hydrogen) atoms. The van der Waals surface area contributed by atoms with E-state index in [1.165, 1.54) is 0 Å². The van der Waals surface area contributed by atoms with Crippen LogP contribution in [0.3, 0.4) is 0 Å². The van der Waals surface area contributed by atoms with E-state index in [2.05, 4.69) is 15.8 Å². The number of nitrogens with one attached hydrogen (secondary N) is 2. The van der Waals surface area contributed by atoms with E-state index in [-0.39, 0.29) is 17.7 Å². The second-order valence-electron chi connectivity index (χ2n) is 5.30. The Bertz CT molecular complexity index is 581. The van der Waals surface area contributed by atoms with E-state index >= 15 is 0 Å². The van der Waals surface area contributed by atoms with Gasteiger partial charge >= 0.3 is 0 Å². The van der Waals surface area contributed by atoms with E-state index in [1.54, 1.807) is 6.92 Å². The molecule has 1 aliphatic rings. The predicted molar refractivity (Wildman–Crippen MR) is 84.6 cm³/mol. The maximum absolute atomic E-state index is 11.9. The van der Waals surface area contributed by atoms with Crippen molar-refractivity contribution >= 4 is 23.2 Å². The van der Waals surface area contributed by atoms with Gasteiger partial charge in [0, 0.05) is 24.6 Å². The van der Waals surface area contributed by atoms with E-state index in [1.807, 2.05) is 38.1 Å². The van der Waals surface area contributed by atoms with Crippen LogP contribution in [0.25, 0.3) is 0 Å². The molecule has 118 valence electrons. The van der Waals surface area contributed by atoms with Crippen LogP contribution in [0.5, 0.6) is 0 Å². The zero-order chi connectivity index (χ0) is 16.1. The topological polar surface area (TPSA) is 79.8 Å². The quantitative estimate of drug-likeness (QED) is 0.872. The average molecular weight is 303 g/mol. The lowest BCUT2D eigenvalue weighted by atomic mass is 9.94. The van der Waals surface area contributed by atoms with E-state index in [0.717, 1.165) is 11.3 Å². The molecule has 1 aromatic rings. The molecular weight excluding hydrogens is 282 g/mol. The number of carbonyl (C=O) groups excluding carboxylic acids is 2. The van der Waals surface area contributed by atoms with Gasteiger partial charge in [-0.2, -0.15) is 5.10 Å². The molecule has 6 heteroatoms. The first-order chi connectivity index (χ1) is 10.5. The van der Waals surface area contributed by atoms with Crippen LogP contribution >= 0.6 is 0 Å². The summed E-state index contributed by atoms with van der Waals surface area (Å²) in [5, 5.41) is 6.92. The van der Waals surface area contributed by atoms with Gasteiger partial charge in [-0.3, -0.25) is 9.59 Å². The molecule has 1 heterocycles. The molecule has 0 aromatic heterocycles. The highest BCUT2D eigenvalue weighted by atomic mass is 16.5. The van der Waals surface area contributed by atoms with Gasteiger partial charge in [-0.1, -0.05) is 19.1 Å². The first-order valence-corrected chi connectivity index (χ1v) is 7.40. The van der Waals surface area contributed by atoms with Crippen LogP contribution < -0.4 is 10.7 Å². The average Bonchev–Trinajstić information content (AvgIpc) is 2.48. The molecule has 0 saturated heterocycles. The van der Waals surface area contributed by atoms with Gasteiger partial charge < -0.3 is 10.1 Å². The number of hydrogen-bond acceptors (Lipinski definition) is 4. The molecule has 0 radical (unpaired) electrons.